The Kier molecular flexibility index (Phi) is 3.53. The van der Waals surface area contributed by atoms with Gasteiger partial charge in [-0.1, -0.05) is 0 Å². The van der Waals surface area contributed by atoms with E-state index in [1.54, 1.807) is 23.3 Å². The molecule has 0 aliphatic carbocycles. The quantitative estimate of drug-likeness (QED) is 0.748. The Bertz CT molecular complexity index is 793. The molecule has 1 amide bonds. The molecule has 0 atom stereocenters. The minimum atomic E-state index is -0.193. The van der Waals surface area contributed by atoms with Gasteiger partial charge in [-0.3, -0.25) is 9.48 Å². The standard InChI is InChI=1S/C13H14N6OS/c1-19-7-8(6-18-19)2-3-16-12(20)11-9(14)10-13(21-11)17-5-4-15-10/h4-7H,2-3,14H2,1H3,(H,16,20). The molecular formula is C13H14N6OS. The van der Waals surface area contributed by atoms with Crippen LogP contribution < -0.4 is 11.1 Å². The molecule has 0 fully saturated rings. The number of hydrogen-bond acceptors (Lipinski definition) is 6. The lowest BCUT2D eigenvalue weighted by Gasteiger charge is -2.02. The van der Waals surface area contributed by atoms with E-state index >= 15 is 0 Å². The van der Waals surface area contributed by atoms with E-state index in [4.69, 9.17) is 5.73 Å². The zero-order valence-electron chi connectivity index (χ0n) is 11.4. The summed E-state index contributed by atoms with van der Waals surface area (Å²) in [5.41, 5.74) is 8.01. The van der Waals surface area contributed by atoms with Crippen LogP contribution >= 0.6 is 11.3 Å². The van der Waals surface area contributed by atoms with E-state index in [1.807, 2.05) is 13.2 Å². The fourth-order valence-electron chi connectivity index (χ4n) is 2.01. The molecule has 0 unspecified atom stereocenters. The number of carbonyl (C=O) groups excluding carboxylic acids is 1. The second-order valence-corrected chi connectivity index (χ2v) is 5.58. The number of nitrogens with one attached hydrogen (secondary N) is 1. The smallest absolute Gasteiger partial charge is 0.263 e. The van der Waals surface area contributed by atoms with Gasteiger partial charge < -0.3 is 11.1 Å². The largest absolute Gasteiger partial charge is 0.396 e. The van der Waals surface area contributed by atoms with Gasteiger partial charge in [-0.25, -0.2) is 9.97 Å². The normalized spacial score (nSPS) is 10.9. The van der Waals surface area contributed by atoms with Crippen LogP contribution in [0.25, 0.3) is 10.3 Å². The minimum Gasteiger partial charge on any atom is -0.396 e. The lowest BCUT2D eigenvalue weighted by molar-refractivity contribution is 0.0959. The third-order valence-electron chi connectivity index (χ3n) is 3.03. The molecule has 0 saturated carbocycles. The SMILES string of the molecule is Cn1cc(CCNC(=O)c2sc3nccnc3c2N)cn1. The molecule has 3 heterocycles. The molecule has 3 aromatic rings. The third kappa shape index (κ3) is 2.70. The highest BCUT2D eigenvalue weighted by atomic mass is 32.1. The summed E-state index contributed by atoms with van der Waals surface area (Å²) in [5.74, 6) is -0.193. The highest BCUT2D eigenvalue weighted by molar-refractivity contribution is 7.21. The van der Waals surface area contributed by atoms with Gasteiger partial charge in [-0.05, 0) is 12.0 Å². The average Bonchev–Trinajstić information content (AvgIpc) is 3.03. The van der Waals surface area contributed by atoms with Gasteiger partial charge in [0.25, 0.3) is 5.91 Å². The van der Waals surface area contributed by atoms with Crippen molar-refractivity contribution in [2.24, 2.45) is 7.05 Å². The average molecular weight is 302 g/mol. The van der Waals surface area contributed by atoms with Crippen LogP contribution in [0.5, 0.6) is 0 Å². The number of nitrogens with zero attached hydrogens (tertiary/aromatic N) is 4. The van der Waals surface area contributed by atoms with Gasteiger partial charge >= 0.3 is 0 Å². The Morgan fingerprint density at radius 3 is 2.95 bits per heavy atom. The van der Waals surface area contributed by atoms with Gasteiger partial charge in [0, 0.05) is 32.2 Å². The van der Waals surface area contributed by atoms with Crippen LogP contribution in [-0.2, 0) is 13.5 Å². The Morgan fingerprint density at radius 1 is 1.43 bits per heavy atom. The molecular weight excluding hydrogens is 288 g/mol. The van der Waals surface area contributed by atoms with Crippen molar-refractivity contribution in [3.63, 3.8) is 0 Å². The highest BCUT2D eigenvalue weighted by Crippen LogP contribution is 2.30. The lowest BCUT2D eigenvalue weighted by Crippen LogP contribution is -2.25. The van der Waals surface area contributed by atoms with Crippen molar-refractivity contribution in [1.82, 2.24) is 25.1 Å². The van der Waals surface area contributed by atoms with Crippen LogP contribution in [0.2, 0.25) is 0 Å². The molecule has 108 valence electrons. The number of nitrogen functional groups attached to an aromatic ring is 1. The van der Waals surface area contributed by atoms with Gasteiger partial charge in [0.2, 0.25) is 0 Å². The molecule has 21 heavy (non-hydrogen) atoms. The number of hydrogen-bond donors (Lipinski definition) is 2. The highest BCUT2D eigenvalue weighted by Gasteiger charge is 2.17. The second kappa shape index (κ2) is 5.49. The fraction of sp³-hybridized carbons (Fsp3) is 0.231. The van der Waals surface area contributed by atoms with Crippen molar-refractivity contribution in [3.05, 3.63) is 35.2 Å². The first kappa shape index (κ1) is 13.5. The van der Waals surface area contributed by atoms with Crippen molar-refractivity contribution in [1.29, 1.82) is 0 Å². The number of aromatic nitrogens is 4. The Labute approximate surface area is 124 Å². The van der Waals surface area contributed by atoms with Gasteiger partial charge in [-0.2, -0.15) is 5.10 Å². The van der Waals surface area contributed by atoms with E-state index in [0.29, 0.717) is 27.5 Å². The number of amides is 1. The maximum atomic E-state index is 12.2. The van der Waals surface area contributed by atoms with E-state index < -0.39 is 0 Å². The number of anilines is 1. The van der Waals surface area contributed by atoms with Crippen LogP contribution in [0.1, 0.15) is 15.2 Å². The summed E-state index contributed by atoms with van der Waals surface area (Å²) in [6, 6.07) is 0. The van der Waals surface area contributed by atoms with Crippen LogP contribution in [0.3, 0.4) is 0 Å². The predicted octanol–water partition coefficient (Wildman–Crippen LogP) is 0.980. The van der Waals surface area contributed by atoms with Crippen LogP contribution in [-0.4, -0.2) is 32.2 Å². The Morgan fingerprint density at radius 2 is 2.24 bits per heavy atom. The summed E-state index contributed by atoms with van der Waals surface area (Å²) in [7, 11) is 1.86. The molecule has 3 rings (SSSR count). The maximum absolute atomic E-state index is 12.2. The molecule has 0 aromatic carbocycles. The number of aryl methyl sites for hydroxylation is 1. The van der Waals surface area contributed by atoms with Gasteiger partial charge in [-0.15, -0.1) is 11.3 Å². The van der Waals surface area contributed by atoms with Crippen LogP contribution in [0, 0.1) is 0 Å². The molecule has 7 nitrogen and oxygen atoms in total. The molecule has 0 bridgehead atoms. The van der Waals surface area contributed by atoms with Crippen LogP contribution in [0.4, 0.5) is 5.69 Å². The number of nitrogens with two attached hydrogens (primary N) is 1. The Balaban J connectivity index is 1.68. The minimum absolute atomic E-state index is 0.193. The van der Waals surface area contributed by atoms with E-state index in [9.17, 15) is 4.79 Å². The van der Waals surface area contributed by atoms with Crippen LogP contribution in [0.15, 0.2) is 24.8 Å². The summed E-state index contributed by atoms with van der Waals surface area (Å²) in [6.07, 6.45) is 7.58. The molecule has 3 N–H and O–H groups in total. The fourth-order valence-corrected chi connectivity index (χ4v) is 2.95. The summed E-state index contributed by atoms with van der Waals surface area (Å²) in [6.45, 7) is 0.527. The molecule has 0 saturated heterocycles. The maximum Gasteiger partial charge on any atom is 0.263 e. The van der Waals surface area contributed by atoms with Crippen molar-refractivity contribution < 1.29 is 4.79 Å². The number of fused-ring (bicyclic) bond motifs is 1. The van der Waals surface area contributed by atoms with Crippen molar-refractivity contribution in [2.75, 3.05) is 12.3 Å². The molecule has 3 aromatic heterocycles. The van der Waals surface area contributed by atoms with Crippen molar-refractivity contribution >= 4 is 33.3 Å². The number of rotatable bonds is 4. The first-order valence-corrected chi connectivity index (χ1v) is 7.21. The van der Waals surface area contributed by atoms with E-state index in [-0.39, 0.29) is 5.91 Å². The Hall–Kier alpha value is -2.48. The number of carbonyl (C=O) groups is 1. The molecule has 8 heteroatoms. The predicted molar refractivity (Wildman–Crippen MR) is 81.1 cm³/mol. The monoisotopic (exact) mass is 302 g/mol. The molecule has 0 aliphatic heterocycles. The van der Waals surface area contributed by atoms with E-state index in [1.165, 1.54) is 11.3 Å². The van der Waals surface area contributed by atoms with Gasteiger partial charge in [0.05, 0.1) is 11.9 Å². The first-order valence-electron chi connectivity index (χ1n) is 6.40. The molecule has 0 spiro atoms. The second-order valence-electron chi connectivity index (χ2n) is 4.58. The zero-order chi connectivity index (χ0) is 14.8. The molecule has 0 radical (unpaired) electrons. The van der Waals surface area contributed by atoms with Gasteiger partial charge in [0.15, 0.2) is 0 Å². The van der Waals surface area contributed by atoms with Crippen molar-refractivity contribution in [2.45, 2.75) is 6.42 Å². The van der Waals surface area contributed by atoms with Crippen molar-refractivity contribution in [3.8, 4) is 0 Å². The topological polar surface area (TPSA) is 98.7 Å². The zero-order valence-corrected chi connectivity index (χ0v) is 12.2. The lowest BCUT2D eigenvalue weighted by atomic mass is 10.2. The summed E-state index contributed by atoms with van der Waals surface area (Å²) in [5, 5.41) is 6.94. The van der Waals surface area contributed by atoms with E-state index in [0.717, 1.165) is 12.0 Å². The third-order valence-corrected chi connectivity index (χ3v) is 4.13. The summed E-state index contributed by atoms with van der Waals surface area (Å²) in [4.78, 5) is 21.6. The first-order chi connectivity index (χ1) is 10.1. The summed E-state index contributed by atoms with van der Waals surface area (Å²) < 4.78 is 1.73. The summed E-state index contributed by atoms with van der Waals surface area (Å²) >= 11 is 1.26. The molecule has 0 aliphatic rings. The number of thiophene rings is 1. The van der Waals surface area contributed by atoms with Gasteiger partial charge in [0.1, 0.15) is 15.2 Å². The van der Waals surface area contributed by atoms with E-state index in [2.05, 4.69) is 20.4 Å².